The van der Waals surface area contributed by atoms with Crippen LogP contribution < -0.4 is 5.32 Å². The second-order valence-electron chi connectivity index (χ2n) is 6.55. The summed E-state index contributed by atoms with van der Waals surface area (Å²) in [5.41, 5.74) is 1.24. The molecule has 142 valence electrons. The molecule has 1 unspecified atom stereocenters. The Morgan fingerprint density at radius 1 is 1.26 bits per heavy atom. The predicted octanol–water partition coefficient (Wildman–Crippen LogP) is 3.60. The van der Waals surface area contributed by atoms with Crippen LogP contribution in [0.5, 0.6) is 0 Å². The minimum atomic E-state index is -0.938. The molecule has 0 bridgehead atoms. The maximum absolute atomic E-state index is 12.4. The highest BCUT2D eigenvalue weighted by Gasteiger charge is 2.46. The Morgan fingerprint density at radius 2 is 1.93 bits per heavy atom. The van der Waals surface area contributed by atoms with Crippen molar-refractivity contribution in [1.29, 1.82) is 0 Å². The Morgan fingerprint density at radius 3 is 2.52 bits per heavy atom. The first-order valence-electron chi connectivity index (χ1n) is 8.43. The molecule has 3 rings (SSSR count). The van der Waals surface area contributed by atoms with E-state index in [-0.39, 0.29) is 0 Å². The van der Waals surface area contributed by atoms with Gasteiger partial charge in [0.2, 0.25) is 0 Å². The van der Waals surface area contributed by atoms with Gasteiger partial charge in [0.15, 0.2) is 0 Å². The van der Waals surface area contributed by atoms with Gasteiger partial charge in [0.1, 0.15) is 10.7 Å². The summed E-state index contributed by atoms with van der Waals surface area (Å²) in [6, 6.07) is 6.82. The topological polar surface area (TPSA) is 79.6 Å². The fourth-order valence-corrected chi connectivity index (χ4v) is 3.12. The van der Waals surface area contributed by atoms with E-state index >= 15 is 0 Å². The maximum Gasteiger partial charge on any atom is 0.346 e. The first-order valence-corrected chi connectivity index (χ1v) is 9.19. The number of nitrogens with one attached hydrogen (secondary N) is 1. The van der Waals surface area contributed by atoms with E-state index < -0.39 is 17.5 Å². The van der Waals surface area contributed by atoms with Crippen molar-refractivity contribution in [1.82, 2.24) is 20.1 Å². The SMILES string of the molecule is CCC1(C)NC(=O)N(/N=C/c2c(C)nn(Cc3ccc(Cl)cc3)c2Cl)C1=O. The number of hydrazone groups is 1. The summed E-state index contributed by atoms with van der Waals surface area (Å²) >= 11 is 12.3. The lowest BCUT2D eigenvalue weighted by Crippen LogP contribution is -2.42. The quantitative estimate of drug-likeness (QED) is 0.607. The van der Waals surface area contributed by atoms with Crippen molar-refractivity contribution < 1.29 is 9.59 Å². The van der Waals surface area contributed by atoms with E-state index in [1.807, 2.05) is 19.1 Å². The molecule has 2 heterocycles. The van der Waals surface area contributed by atoms with Gasteiger partial charge < -0.3 is 5.32 Å². The summed E-state index contributed by atoms with van der Waals surface area (Å²) < 4.78 is 1.63. The van der Waals surface area contributed by atoms with Crippen LogP contribution >= 0.6 is 23.2 Å². The number of amides is 3. The molecule has 1 N–H and O–H groups in total. The Labute approximate surface area is 166 Å². The molecule has 0 radical (unpaired) electrons. The standard InChI is InChI=1S/C18H19Cl2N5O2/c1-4-18(3)16(26)25(17(27)22-18)21-9-14-11(2)23-24(15(14)20)10-12-5-7-13(19)8-6-12/h5-9H,4,10H2,1-3H3,(H,22,27)/b21-9+. The Hall–Kier alpha value is -2.38. The van der Waals surface area contributed by atoms with Gasteiger partial charge in [-0.05, 0) is 38.0 Å². The molecule has 0 spiro atoms. The summed E-state index contributed by atoms with van der Waals surface area (Å²) in [6.07, 6.45) is 1.87. The zero-order valence-electron chi connectivity index (χ0n) is 15.2. The van der Waals surface area contributed by atoms with Crippen LogP contribution in [0.1, 0.15) is 37.1 Å². The molecule has 1 aromatic heterocycles. The third-order valence-electron chi connectivity index (χ3n) is 4.60. The molecule has 1 aromatic carbocycles. The lowest BCUT2D eigenvalue weighted by Gasteiger charge is -2.17. The molecule has 27 heavy (non-hydrogen) atoms. The van der Waals surface area contributed by atoms with Crippen LogP contribution in [-0.4, -0.2) is 38.5 Å². The molecular weight excluding hydrogens is 389 g/mol. The molecule has 7 nitrogen and oxygen atoms in total. The number of aryl methyl sites for hydroxylation is 1. The van der Waals surface area contributed by atoms with Crippen molar-refractivity contribution in [3.05, 3.63) is 51.3 Å². The molecule has 0 saturated carbocycles. The van der Waals surface area contributed by atoms with Crippen molar-refractivity contribution in [2.24, 2.45) is 5.10 Å². The fourth-order valence-electron chi connectivity index (χ4n) is 2.71. The first-order chi connectivity index (χ1) is 12.7. The van der Waals surface area contributed by atoms with Crippen molar-refractivity contribution in [2.75, 3.05) is 0 Å². The minimum Gasteiger partial charge on any atom is -0.322 e. The number of imide groups is 1. The Balaban J connectivity index is 1.83. The molecule has 9 heteroatoms. The van der Waals surface area contributed by atoms with E-state index in [4.69, 9.17) is 23.2 Å². The van der Waals surface area contributed by atoms with E-state index in [9.17, 15) is 9.59 Å². The smallest absolute Gasteiger partial charge is 0.322 e. The summed E-state index contributed by atoms with van der Waals surface area (Å²) in [7, 11) is 0. The fraction of sp³-hybridized carbons (Fsp3) is 0.333. The van der Waals surface area contributed by atoms with E-state index in [2.05, 4.69) is 15.5 Å². The number of carbonyl (C=O) groups is 2. The highest BCUT2D eigenvalue weighted by atomic mass is 35.5. The molecule has 1 saturated heterocycles. The molecule has 1 aliphatic rings. The van der Waals surface area contributed by atoms with Crippen LogP contribution in [0.2, 0.25) is 10.2 Å². The third kappa shape index (κ3) is 3.70. The van der Waals surface area contributed by atoms with Gasteiger partial charge in [-0.1, -0.05) is 42.3 Å². The number of benzene rings is 1. The van der Waals surface area contributed by atoms with Crippen molar-refractivity contribution in [3.63, 3.8) is 0 Å². The lowest BCUT2D eigenvalue weighted by atomic mass is 10.00. The second-order valence-corrected chi connectivity index (χ2v) is 7.35. The minimum absolute atomic E-state index is 0.372. The van der Waals surface area contributed by atoms with Gasteiger partial charge in [-0.3, -0.25) is 4.79 Å². The first kappa shape index (κ1) is 19.4. The van der Waals surface area contributed by atoms with Gasteiger partial charge >= 0.3 is 6.03 Å². The number of halogens is 2. The monoisotopic (exact) mass is 407 g/mol. The number of urea groups is 1. The van der Waals surface area contributed by atoms with Crippen LogP contribution in [0.3, 0.4) is 0 Å². The summed E-state index contributed by atoms with van der Waals surface area (Å²) in [5, 5.41) is 13.0. The largest absolute Gasteiger partial charge is 0.346 e. The van der Waals surface area contributed by atoms with Gasteiger partial charge in [-0.2, -0.15) is 10.2 Å². The Kier molecular flexibility index (Phi) is 5.26. The number of rotatable bonds is 5. The average Bonchev–Trinajstić information content (AvgIpc) is 3.02. The summed E-state index contributed by atoms with van der Waals surface area (Å²) in [4.78, 5) is 24.4. The van der Waals surface area contributed by atoms with Gasteiger partial charge in [-0.25, -0.2) is 9.48 Å². The number of aromatic nitrogens is 2. The van der Waals surface area contributed by atoms with Gasteiger partial charge in [0, 0.05) is 5.02 Å². The van der Waals surface area contributed by atoms with E-state index in [1.165, 1.54) is 6.21 Å². The number of carbonyl (C=O) groups excluding carboxylic acids is 2. The molecular formula is C18H19Cl2N5O2. The normalized spacial score (nSPS) is 20.0. The van der Waals surface area contributed by atoms with Crippen molar-refractivity contribution in [2.45, 2.75) is 39.3 Å². The zero-order chi connectivity index (χ0) is 19.8. The van der Waals surface area contributed by atoms with Crippen LogP contribution in [-0.2, 0) is 11.3 Å². The Bertz CT molecular complexity index is 923. The summed E-state index contributed by atoms with van der Waals surface area (Å²) in [6.45, 7) is 5.74. The molecule has 1 atom stereocenters. The molecule has 2 aromatic rings. The highest BCUT2D eigenvalue weighted by molar-refractivity contribution is 6.32. The summed E-state index contributed by atoms with van der Waals surface area (Å²) in [5.74, 6) is -0.395. The van der Waals surface area contributed by atoms with Gasteiger partial charge in [0.25, 0.3) is 5.91 Å². The van der Waals surface area contributed by atoms with Crippen molar-refractivity contribution >= 4 is 41.4 Å². The molecule has 1 fully saturated rings. The predicted molar refractivity (Wildman–Crippen MR) is 104 cm³/mol. The average molecular weight is 408 g/mol. The van der Waals surface area contributed by atoms with Crippen molar-refractivity contribution in [3.8, 4) is 0 Å². The van der Waals surface area contributed by atoms with Crippen LogP contribution in [0.25, 0.3) is 0 Å². The van der Waals surface area contributed by atoms with Gasteiger partial charge in [0.05, 0.1) is 24.0 Å². The molecule has 1 aliphatic heterocycles. The van der Waals surface area contributed by atoms with Gasteiger partial charge in [-0.15, -0.1) is 5.01 Å². The maximum atomic E-state index is 12.4. The van der Waals surface area contributed by atoms with E-state index in [0.29, 0.717) is 34.4 Å². The van der Waals surface area contributed by atoms with Crippen LogP contribution in [0, 0.1) is 6.92 Å². The number of hydrogen-bond donors (Lipinski definition) is 1. The third-order valence-corrected chi connectivity index (χ3v) is 5.25. The number of nitrogens with zero attached hydrogens (tertiary/aromatic N) is 4. The number of hydrogen-bond acceptors (Lipinski definition) is 4. The molecule has 3 amide bonds. The molecule has 0 aliphatic carbocycles. The lowest BCUT2D eigenvalue weighted by molar-refractivity contribution is -0.130. The van der Waals surface area contributed by atoms with Crippen LogP contribution in [0.4, 0.5) is 4.79 Å². The highest BCUT2D eigenvalue weighted by Crippen LogP contribution is 2.23. The zero-order valence-corrected chi connectivity index (χ0v) is 16.7. The van der Waals surface area contributed by atoms with Crippen LogP contribution in [0.15, 0.2) is 29.4 Å². The second kappa shape index (κ2) is 7.32. The van der Waals surface area contributed by atoms with E-state index in [1.54, 1.807) is 30.7 Å². The van der Waals surface area contributed by atoms with E-state index in [0.717, 1.165) is 10.6 Å².